The molecule has 4 atom stereocenters. The number of benzene rings is 2. The van der Waals surface area contributed by atoms with E-state index in [0.717, 1.165) is 12.8 Å². The summed E-state index contributed by atoms with van der Waals surface area (Å²) in [6, 6.07) is 17.6. The summed E-state index contributed by atoms with van der Waals surface area (Å²) >= 11 is 0. The lowest BCUT2D eigenvalue weighted by atomic mass is 9.42. The molecule has 6 rings (SSSR count). The van der Waals surface area contributed by atoms with Crippen molar-refractivity contribution in [1.82, 2.24) is 0 Å². The molecule has 39 heavy (non-hydrogen) atoms. The van der Waals surface area contributed by atoms with Crippen molar-refractivity contribution >= 4 is 8.32 Å². The monoisotopic (exact) mass is 546 g/mol. The predicted octanol–water partition coefficient (Wildman–Crippen LogP) is 8.31. The molecule has 1 spiro atoms. The van der Waals surface area contributed by atoms with Gasteiger partial charge in [-0.1, -0.05) is 127 Å². The Morgan fingerprint density at radius 3 is 1.95 bits per heavy atom. The van der Waals surface area contributed by atoms with Crippen molar-refractivity contribution in [2.45, 2.75) is 114 Å². The van der Waals surface area contributed by atoms with Crippen LogP contribution < -0.4 is 0 Å². The van der Waals surface area contributed by atoms with E-state index in [1.165, 1.54) is 47.9 Å². The molecule has 4 heteroatoms. The van der Waals surface area contributed by atoms with Gasteiger partial charge in [-0.05, 0) is 46.8 Å². The molecule has 4 aliphatic rings. The number of unbranched alkanes of at least 4 members (excludes halogenated alkanes) is 5. The maximum atomic E-state index is 12.8. The third kappa shape index (κ3) is 4.50. The van der Waals surface area contributed by atoms with E-state index in [9.17, 15) is 10.2 Å². The highest BCUT2D eigenvalue weighted by Crippen LogP contribution is 2.71. The minimum absolute atomic E-state index is 0.0310. The van der Waals surface area contributed by atoms with Gasteiger partial charge in [0.1, 0.15) is 0 Å². The first-order valence-corrected chi connectivity index (χ1v) is 18.3. The SMILES string of the molecule is CCCCCCCC[C@@]1(O)C=C[C@@H](O)[C@]12C1c3ccccc3C(c3ccccc31)[C@H]2CO[Si](C)(C)C(C)(C)C. The summed E-state index contributed by atoms with van der Waals surface area (Å²) < 4.78 is 7.00. The lowest BCUT2D eigenvalue weighted by molar-refractivity contribution is -0.156. The Kier molecular flexibility index (Phi) is 7.82. The third-order valence-electron chi connectivity index (χ3n) is 10.9. The average molecular weight is 547 g/mol. The molecule has 0 unspecified atom stereocenters. The number of aliphatic hydroxyl groups is 2. The van der Waals surface area contributed by atoms with Crippen molar-refractivity contribution in [2.75, 3.05) is 6.61 Å². The van der Waals surface area contributed by atoms with Crippen LogP contribution in [0.5, 0.6) is 0 Å². The number of aliphatic hydroxyl groups excluding tert-OH is 1. The van der Waals surface area contributed by atoms with Gasteiger partial charge in [-0.15, -0.1) is 0 Å². The summed E-state index contributed by atoms with van der Waals surface area (Å²) in [7, 11) is -2.06. The molecule has 0 aliphatic heterocycles. The Morgan fingerprint density at radius 1 is 0.846 bits per heavy atom. The fourth-order valence-corrected chi connectivity index (χ4v) is 8.91. The smallest absolute Gasteiger partial charge is 0.191 e. The van der Waals surface area contributed by atoms with Crippen LogP contribution in [0.1, 0.15) is 107 Å². The summed E-state index contributed by atoms with van der Waals surface area (Å²) in [4.78, 5) is 0. The lowest BCUT2D eigenvalue weighted by Crippen LogP contribution is -2.65. The first-order valence-electron chi connectivity index (χ1n) is 15.4. The van der Waals surface area contributed by atoms with Gasteiger partial charge in [0, 0.05) is 29.8 Å². The zero-order valence-corrected chi connectivity index (χ0v) is 26.0. The molecule has 0 aromatic heterocycles. The standard InChI is InChI=1S/C35H50O3Si/c1-7-8-9-10-11-16-22-34(37)23-21-30(36)35(34)29(24-38-39(5,6)33(2,3)4)31-25-17-12-14-19-27(25)32(35)28-20-15-13-18-26(28)31/h12-15,17-21,23,29-32,36-37H,7-11,16,22,24H2,1-6H3/t29-,30-,31?,32?,34-,35-/m1/s1. The molecule has 212 valence electrons. The second kappa shape index (κ2) is 10.6. The van der Waals surface area contributed by atoms with E-state index >= 15 is 0 Å². The highest BCUT2D eigenvalue weighted by Gasteiger charge is 2.70. The molecule has 4 aliphatic carbocycles. The molecule has 2 aromatic rings. The molecule has 0 heterocycles. The summed E-state index contributed by atoms with van der Waals surface area (Å²) in [5.74, 6) is -0.0349. The van der Waals surface area contributed by atoms with Crippen LogP contribution in [-0.4, -0.2) is 36.8 Å². The van der Waals surface area contributed by atoms with Crippen molar-refractivity contribution in [3.63, 3.8) is 0 Å². The van der Waals surface area contributed by atoms with Crippen molar-refractivity contribution in [3.05, 3.63) is 82.9 Å². The summed E-state index contributed by atoms with van der Waals surface area (Å²) in [5, 5.41) is 24.9. The van der Waals surface area contributed by atoms with Gasteiger partial charge in [-0.25, -0.2) is 0 Å². The van der Waals surface area contributed by atoms with Gasteiger partial charge < -0.3 is 14.6 Å². The Labute approximate surface area is 237 Å². The van der Waals surface area contributed by atoms with Crippen LogP contribution in [0.3, 0.4) is 0 Å². The number of hydrogen-bond acceptors (Lipinski definition) is 3. The summed E-state index contributed by atoms with van der Waals surface area (Å²) in [5.41, 5.74) is 3.38. The quantitative estimate of drug-likeness (QED) is 0.179. The lowest BCUT2D eigenvalue weighted by Gasteiger charge is -2.63. The minimum Gasteiger partial charge on any atom is -0.416 e. The molecule has 2 aromatic carbocycles. The Hall–Kier alpha value is -1.72. The maximum Gasteiger partial charge on any atom is 0.191 e. The van der Waals surface area contributed by atoms with E-state index in [0.29, 0.717) is 13.0 Å². The van der Waals surface area contributed by atoms with E-state index in [1.54, 1.807) is 0 Å². The molecule has 0 amide bonds. The van der Waals surface area contributed by atoms with Crippen LogP contribution in [0.2, 0.25) is 18.1 Å². The van der Waals surface area contributed by atoms with Crippen LogP contribution in [0, 0.1) is 11.3 Å². The van der Waals surface area contributed by atoms with E-state index in [4.69, 9.17) is 4.43 Å². The van der Waals surface area contributed by atoms with Gasteiger partial charge in [0.2, 0.25) is 0 Å². The van der Waals surface area contributed by atoms with Crippen molar-refractivity contribution in [3.8, 4) is 0 Å². The van der Waals surface area contributed by atoms with Crippen LogP contribution >= 0.6 is 0 Å². The van der Waals surface area contributed by atoms with E-state index in [2.05, 4.69) is 89.3 Å². The van der Waals surface area contributed by atoms with Crippen LogP contribution in [0.4, 0.5) is 0 Å². The maximum absolute atomic E-state index is 12.8. The van der Waals surface area contributed by atoms with E-state index in [-0.39, 0.29) is 22.8 Å². The number of rotatable bonds is 10. The third-order valence-corrected chi connectivity index (χ3v) is 15.4. The van der Waals surface area contributed by atoms with Gasteiger partial charge in [0.25, 0.3) is 0 Å². The van der Waals surface area contributed by atoms with E-state index in [1.807, 2.05) is 12.2 Å². The van der Waals surface area contributed by atoms with Crippen LogP contribution in [0.25, 0.3) is 0 Å². The van der Waals surface area contributed by atoms with Gasteiger partial charge in [0.05, 0.1) is 11.7 Å². The first kappa shape index (κ1) is 28.8. The zero-order chi connectivity index (χ0) is 28.1. The second-order valence-corrected chi connectivity index (χ2v) is 18.8. The molecular formula is C35H50O3Si. The Morgan fingerprint density at radius 2 is 1.38 bits per heavy atom. The van der Waals surface area contributed by atoms with E-state index < -0.39 is 25.4 Å². The van der Waals surface area contributed by atoms with Gasteiger partial charge in [-0.2, -0.15) is 0 Å². The zero-order valence-electron chi connectivity index (χ0n) is 25.0. The average Bonchev–Trinajstić information content (AvgIpc) is 3.15. The summed E-state index contributed by atoms with van der Waals surface area (Å²) in [6.45, 7) is 14.3. The predicted molar refractivity (Wildman–Crippen MR) is 164 cm³/mol. The minimum atomic E-state index is -2.06. The van der Waals surface area contributed by atoms with Crippen LogP contribution in [0.15, 0.2) is 60.7 Å². The highest BCUT2D eigenvalue weighted by atomic mass is 28.4. The van der Waals surface area contributed by atoms with Gasteiger partial charge in [-0.3, -0.25) is 0 Å². The highest BCUT2D eigenvalue weighted by molar-refractivity contribution is 6.74. The van der Waals surface area contributed by atoms with Gasteiger partial charge >= 0.3 is 0 Å². The second-order valence-electron chi connectivity index (χ2n) is 14.0. The van der Waals surface area contributed by atoms with Crippen molar-refractivity contribution < 1.29 is 14.6 Å². The molecule has 3 nitrogen and oxygen atoms in total. The molecule has 0 radical (unpaired) electrons. The fraction of sp³-hybridized carbons (Fsp3) is 0.600. The molecule has 2 bridgehead atoms. The van der Waals surface area contributed by atoms with Gasteiger partial charge in [0.15, 0.2) is 8.32 Å². The number of hydrogen-bond donors (Lipinski definition) is 2. The molecule has 0 fully saturated rings. The molecular weight excluding hydrogens is 496 g/mol. The summed E-state index contributed by atoms with van der Waals surface area (Å²) in [6.07, 6.45) is 10.9. The normalized spacial score (nSPS) is 31.1. The van der Waals surface area contributed by atoms with Crippen molar-refractivity contribution in [1.29, 1.82) is 0 Å². The largest absolute Gasteiger partial charge is 0.416 e. The Balaban J connectivity index is 1.62. The molecule has 0 saturated heterocycles. The first-order chi connectivity index (χ1) is 18.5. The fourth-order valence-electron chi connectivity index (χ4n) is 7.88. The topological polar surface area (TPSA) is 49.7 Å². The van der Waals surface area contributed by atoms with Crippen molar-refractivity contribution in [2.24, 2.45) is 11.3 Å². The Bertz CT molecular complexity index is 1150. The molecule has 0 saturated carbocycles. The van der Waals surface area contributed by atoms with Crippen LogP contribution in [-0.2, 0) is 4.43 Å². The molecule has 2 N–H and O–H groups in total.